The van der Waals surface area contributed by atoms with Gasteiger partial charge in [0.15, 0.2) is 6.10 Å². The summed E-state index contributed by atoms with van der Waals surface area (Å²) in [6, 6.07) is 7.64. The van der Waals surface area contributed by atoms with Crippen molar-refractivity contribution in [3.63, 3.8) is 0 Å². The molecule has 3 unspecified atom stereocenters. The van der Waals surface area contributed by atoms with Crippen LogP contribution in [0.25, 0.3) is 0 Å². The van der Waals surface area contributed by atoms with Crippen LogP contribution in [0.15, 0.2) is 24.3 Å². The Bertz CT molecular complexity index is 486. The van der Waals surface area contributed by atoms with Crippen molar-refractivity contribution >= 4 is 5.97 Å². The molecule has 0 saturated heterocycles. The maximum absolute atomic E-state index is 12.1. The molecule has 1 aromatic carbocycles. The van der Waals surface area contributed by atoms with Gasteiger partial charge in [0.25, 0.3) is 0 Å². The number of methoxy groups -OCH3 is 1. The zero-order valence-corrected chi connectivity index (χ0v) is 13.7. The first-order chi connectivity index (χ1) is 10.6. The van der Waals surface area contributed by atoms with E-state index in [2.05, 4.69) is 6.92 Å². The highest BCUT2D eigenvalue weighted by Gasteiger charge is 2.25. The fraction of sp³-hybridized carbons (Fsp3) is 0.611. The lowest BCUT2D eigenvalue weighted by molar-refractivity contribution is -0.164. The smallest absolute Gasteiger partial charge is 0.335 e. The van der Waals surface area contributed by atoms with Gasteiger partial charge in [-0.05, 0) is 49.8 Å². The van der Waals surface area contributed by atoms with E-state index in [1.54, 1.807) is 14.0 Å². The minimum Gasteiger partial charge on any atom is -0.497 e. The molecule has 22 heavy (non-hydrogen) atoms. The lowest BCUT2D eigenvalue weighted by Crippen LogP contribution is -2.30. The van der Waals surface area contributed by atoms with Gasteiger partial charge in [-0.2, -0.15) is 0 Å². The fourth-order valence-electron chi connectivity index (χ4n) is 2.80. The summed E-state index contributed by atoms with van der Waals surface area (Å²) >= 11 is 0. The maximum atomic E-state index is 12.1. The molecule has 0 radical (unpaired) electrons. The van der Waals surface area contributed by atoms with Crippen molar-refractivity contribution in [1.29, 1.82) is 0 Å². The van der Waals surface area contributed by atoms with E-state index >= 15 is 0 Å². The molecule has 1 fully saturated rings. The summed E-state index contributed by atoms with van der Waals surface area (Å²) in [4.78, 5) is 12.1. The molecule has 0 spiro atoms. The second kappa shape index (κ2) is 8.18. The van der Waals surface area contributed by atoms with Crippen LogP contribution in [0.2, 0.25) is 0 Å². The molecular weight excluding hydrogens is 280 g/mol. The van der Waals surface area contributed by atoms with Crippen LogP contribution in [0.1, 0.15) is 45.1 Å². The first-order valence-corrected chi connectivity index (χ1v) is 8.03. The van der Waals surface area contributed by atoms with Crippen LogP contribution in [-0.4, -0.2) is 25.3 Å². The monoisotopic (exact) mass is 306 g/mol. The van der Waals surface area contributed by atoms with Crippen LogP contribution in [0, 0.1) is 5.92 Å². The van der Waals surface area contributed by atoms with E-state index in [4.69, 9.17) is 14.2 Å². The molecule has 0 N–H and O–H groups in total. The van der Waals surface area contributed by atoms with Gasteiger partial charge in [-0.15, -0.1) is 0 Å². The largest absolute Gasteiger partial charge is 0.497 e. The van der Waals surface area contributed by atoms with Crippen LogP contribution < -0.4 is 4.74 Å². The van der Waals surface area contributed by atoms with Gasteiger partial charge in [0, 0.05) is 0 Å². The van der Waals surface area contributed by atoms with Crippen LogP contribution in [-0.2, 0) is 20.9 Å². The summed E-state index contributed by atoms with van der Waals surface area (Å²) in [5.41, 5.74) is 0.977. The Balaban J connectivity index is 1.78. The molecule has 0 amide bonds. The van der Waals surface area contributed by atoms with E-state index in [1.165, 1.54) is 6.42 Å². The lowest BCUT2D eigenvalue weighted by Gasteiger charge is -2.27. The minimum atomic E-state index is -0.552. The Kier molecular flexibility index (Phi) is 6.25. The zero-order chi connectivity index (χ0) is 15.9. The van der Waals surface area contributed by atoms with Gasteiger partial charge in [0.05, 0.1) is 13.7 Å². The normalized spacial score (nSPS) is 22.9. The SMILES string of the molecule is COc1cccc(COC(C)C(=O)OC2CCCC(C)C2)c1. The lowest BCUT2D eigenvalue weighted by atomic mass is 9.89. The first kappa shape index (κ1) is 16.8. The van der Waals surface area contributed by atoms with Gasteiger partial charge < -0.3 is 14.2 Å². The zero-order valence-electron chi connectivity index (χ0n) is 13.7. The summed E-state index contributed by atoms with van der Waals surface area (Å²) in [6.07, 6.45) is 3.81. The molecule has 0 aromatic heterocycles. The van der Waals surface area contributed by atoms with Gasteiger partial charge in [-0.3, -0.25) is 0 Å². The molecule has 1 aliphatic carbocycles. The van der Waals surface area contributed by atoms with Crippen molar-refractivity contribution < 1.29 is 19.0 Å². The number of rotatable bonds is 6. The Morgan fingerprint density at radius 2 is 2.18 bits per heavy atom. The third-order valence-corrected chi connectivity index (χ3v) is 4.14. The van der Waals surface area contributed by atoms with Crippen LogP contribution >= 0.6 is 0 Å². The Hall–Kier alpha value is -1.55. The van der Waals surface area contributed by atoms with Crippen molar-refractivity contribution in [3.8, 4) is 5.75 Å². The van der Waals surface area contributed by atoms with Gasteiger partial charge in [-0.1, -0.05) is 25.5 Å². The standard InChI is InChI=1S/C18H26O4/c1-13-6-4-9-17(10-13)22-18(19)14(2)21-12-15-7-5-8-16(11-15)20-3/h5,7-8,11,13-14,17H,4,6,9-10,12H2,1-3H3. The van der Waals surface area contributed by atoms with E-state index < -0.39 is 6.10 Å². The maximum Gasteiger partial charge on any atom is 0.335 e. The summed E-state index contributed by atoms with van der Waals surface area (Å²) < 4.78 is 16.4. The van der Waals surface area contributed by atoms with Crippen LogP contribution in [0.4, 0.5) is 0 Å². The minimum absolute atomic E-state index is 0.0547. The van der Waals surface area contributed by atoms with Crippen molar-refractivity contribution in [3.05, 3.63) is 29.8 Å². The molecule has 1 saturated carbocycles. The summed E-state index contributed by atoms with van der Waals surface area (Å²) in [7, 11) is 1.63. The van der Waals surface area contributed by atoms with E-state index in [0.717, 1.165) is 30.6 Å². The van der Waals surface area contributed by atoms with Crippen molar-refractivity contribution in [2.24, 2.45) is 5.92 Å². The van der Waals surface area contributed by atoms with Gasteiger partial charge in [0.1, 0.15) is 11.9 Å². The molecule has 4 heteroatoms. The van der Waals surface area contributed by atoms with Crippen molar-refractivity contribution in [2.45, 2.75) is 58.3 Å². The molecule has 0 heterocycles. The average Bonchev–Trinajstić information content (AvgIpc) is 2.52. The summed E-state index contributed by atoms with van der Waals surface area (Å²) in [5.74, 6) is 1.16. The fourth-order valence-corrected chi connectivity index (χ4v) is 2.80. The average molecular weight is 306 g/mol. The summed E-state index contributed by atoms with van der Waals surface area (Å²) in [5, 5.41) is 0. The molecule has 0 aliphatic heterocycles. The predicted molar refractivity (Wildman–Crippen MR) is 84.8 cm³/mol. The van der Waals surface area contributed by atoms with Gasteiger partial charge >= 0.3 is 5.97 Å². The Labute approximate surface area is 132 Å². The molecule has 0 bridgehead atoms. The predicted octanol–water partition coefficient (Wildman–Crippen LogP) is 3.72. The van der Waals surface area contributed by atoms with E-state index in [0.29, 0.717) is 12.5 Å². The second-order valence-corrected chi connectivity index (χ2v) is 6.14. The Morgan fingerprint density at radius 3 is 2.91 bits per heavy atom. The highest BCUT2D eigenvalue weighted by Crippen LogP contribution is 2.26. The number of benzene rings is 1. The first-order valence-electron chi connectivity index (χ1n) is 8.03. The van der Waals surface area contributed by atoms with E-state index in [9.17, 15) is 4.79 Å². The van der Waals surface area contributed by atoms with E-state index in [1.807, 2.05) is 24.3 Å². The number of ether oxygens (including phenoxy) is 3. The van der Waals surface area contributed by atoms with Crippen molar-refractivity contribution in [1.82, 2.24) is 0 Å². The number of hydrogen-bond donors (Lipinski definition) is 0. The molecule has 122 valence electrons. The van der Waals surface area contributed by atoms with Crippen LogP contribution in [0.5, 0.6) is 5.75 Å². The number of carbonyl (C=O) groups excluding carboxylic acids is 1. The second-order valence-electron chi connectivity index (χ2n) is 6.14. The molecule has 1 aromatic rings. The topological polar surface area (TPSA) is 44.8 Å². The molecule has 4 nitrogen and oxygen atoms in total. The number of esters is 1. The van der Waals surface area contributed by atoms with Crippen LogP contribution in [0.3, 0.4) is 0 Å². The highest BCUT2D eigenvalue weighted by molar-refractivity contribution is 5.74. The third-order valence-electron chi connectivity index (χ3n) is 4.14. The third kappa shape index (κ3) is 5.02. The van der Waals surface area contributed by atoms with E-state index in [-0.39, 0.29) is 12.1 Å². The molecule has 3 atom stereocenters. The number of carbonyl (C=O) groups is 1. The Morgan fingerprint density at radius 1 is 1.36 bits per heavy atom. The quantitative estimate of drug-likeness (QED) is 0.751. The number of hydrogen-bond acceptors (Lipinski definition) is 4. The van der Waals surface area contributed by atoms with Gasteiger partial charge in [0.2, 0.25) is 0 Å². The molecule has 2 rings (SSSR count). The molecule has 1 aliphatic rings. The van der Waals surface area contributed by atoms with Gasteiger partial charge in [-0.25, -0.2) is 4.79 Å². The highest BCUT2D eigenvalue weighted by atomic mass is 16.6. The summed E-state index contributed by atoms with van der Waals surface area (Å²) in [6.45, 7) is 4.33. The van der Waals surface area contributed by atoms with Crippen molar-refractivity contribution in [2.75, 3.05) is 7.11 Å². The molecular formula is C18H26O4.